The third-order valence-electron chi connectivity index (χ3n) is 4.39. The average Bonchev–Trinajstić information content (AvgIpc) is 3.17. The zero-order valence-corrected chi connectivity index (χ0v) is 16.5. The number of nitrogens with zero attached hydrogens (tertiary/aromatic N) is 4. The first-order valence-corrected chi connectivity index (χ1v) is 9.67. The van der Waals surface area contributed by atoms with Crippen molar-refractivity contribution >= 4 is 33.2 Å². The minimum absolute atomic E-state index is 0.404. The molecule has 2 aromatic carbocycles. The maximum atomic E-state index is 9.27. The van der Waals surface area contributed by atoms with Gasteiger partial charge in [0.2, 0.25) is 11.8 Å². The standard InChI is InChI=1S/C22H15N5OS/c1-13-9-17(10-14(2)19(13)12-24)28-20-18-7-8-29-21(18)27-22(26-20)25-16-5-3-15(11-23)4-6-16/h3-10H,1-2H3,(H,25,26,27). The highest BCUT2D eigenvalue weighted by molar-refractivity contribution is 7.16. The van der Waals surface area contributed by atoms with Crippen LogP contribution in [0.2, 0.25) is 0 Å². The van der Waals surface area contributed by atoms with E-state index in [1.54, 1.807) is 24.3 Å². The van der Waals surface area contributed by atoms with Gasteiger partial charge in [-0.2, -0.15) is 15.5 Å². The van der Waals surface area contributed by atoms with Crippen LogP contribution in [0.25, 0.3) is 10.2 Å². The van der Waals surface area contributed by atoms with Crippen molar-refractivity contribution in [1.82, 2.24) is 9.97 Å². The molecular weight excluding hydrogens is 382 g/mol. The summed E-state index contributed by atoms with van der Waals surface area (Å²) in [5, 5.41) is 24.1. The topological polar surface area (TPSA) is 94.6 Å². The van der Waals surface area contributed by atoms with Crippen molar-refractivity contribution in [3.05, 3.63) is 70.1 Å². The highest BCUT2D eigenvalue weighted by Crippen LogP contribution is 2.33. The lowest BCUT2D eigenvalue weighted by molar-refractivity contribution is 0.468. The Kier molecular flexibility index (Phi) is 4.82. The Bertz CT molecular complexity index is 1270. The molecule has 0 saturated heterocycles. The van der Waals surface area contributed by atoms with Crippen molar-refractivity contribution in [1.29, 1.82) is 10.5 Å². The fraction of sp³-hybridized carbons (Fsp3) is 0.0909. The fourth-order valence-corrected chi connectivity index (χ4v) is 3.74. The van der Waals surface area contributed by atoms with E-state index in [1.165, 1.54) is 11.3 Å². The third kappa shape index (κ3) is 3.73. The molecule has 0 fully saturated rings. The number of anilines is 2. The zero-order valence-electron chi connectivity index (χ0n) is 15.7. The summed E-state index contributed by atoms with van der Waals surface area (Å²) >= 11 is 1.50. The van der Waals surface area contributed by atoms with Crippen LogP contribution in [0.15, 0.2) is 47.8 Å². The molecule has 6 nitrogen and oxygen atoms in total. The molecular formula is C22H15N5OS. The smallest absolute Gasteiger partial charge is 0.232 e. The lowest BCUT2D eigenvalue weighted by Gasteiger charge is -2.11. The fourth-order valence-electron chi connectivity index (χ4n) is 2.99. The van der Waals surface area contributed by atoms with Gasteiger partial charge < -0.3 is 10.1 Å². The molecule has 0 aliphatic rings. The SMILES string of the molecule is Cc1cc(Oc2nc(Nc3ccc(C#N)cc3)nc3sccc23)cc(C)c1C#N. The van der Waals surface area contributed by atoms with Gasteiger partial charge in [-0.05, 0) is 72.8 Å². The molecule has 2 aromatic heterocycles. The van der Waals surface area contributed by atoms with E-state index in [0.717, 1.165) is 27.0 Å². The number of rotatable bonds is 4. The molecule has 0 bridgehead atoms. The van der Waals surface area contributed by atoms with Crippen molar-refractivity contribution in [2.24, 2.45) is 0 Å². The first kappa shape index (κ1) is 18.4. The van der Waals surface area contributed by atoms with Crippen LogP contribution in [0.3, 0.4) is 0 Å². The number of ether oxygens (including phenoxy) is 1. The number of nitrogens with one attached hydrogen (secondary N) is 1. The van der Waals surface area contributed by atoms with E-state index in [9.17, 15) is 5.26 Å². The summed E-state index contributed by atoms with van der Waals surface area (Å²) in [4.78, 5) is 9.89. The highest BCUT2D eigenvalue weighted by Gasteiger charge is 2.13. The minimum Gasteiger partial charge on any atom is -0.438 e. The maximum Gasteiger partial charge on any atom is 0.232 e. The van der Waals surface area contributed by atoms with Gasteiger partial charge in [-0.25, -0.2) is 4.98 Å². The van der Waals surface area contributed by atoms with Gasteiger partial charge in [0.25, 0.3) is 0 Å². The number of aromatic nitrogens is 2. The minimum atomic E-state index is 0.404. The number of hydrogen-bond acceptors (Lipinski definition) is 7. The van der Waals surface area contributed by atoms with Crippen LogP contribution in [0, 0.1) is 36.5 Å². The summed E-state index contributed by atoms with van der Waals surface area (Å²) in [6.45, 7) is 3.77. The molecule has 1 N–H and O–H groups in total. The Balaban J connectivity index is 1.70. The van der Waals surface area contributed by atoms with Gasteiger partial charge in [0.05, 0.1) is 28.7 Å². The van der Waals surface area contributed by atoms with Crippen LogP contribution < -0.4 is 10.1 Å². The molecule has 0 amide bonds. The molecule has 7 heteroatoms. The predicted octanol–water partition coefficient (Wildman–Crippen LogP) is 5.59. The lowest BCUT2D eigenvalue weighted by atomic mass is 10.0. The summed E-state index contributed by atoms with van der Waals surface area (Å²) in [6.07, 6.45) is 0. The van der Waals surface area contributed by atoms with Gasteiger partial charge in [0.15, 0.2) is 0 Å². The van der Waals surface area contributed by atoms with Crippen LogP contribution >= 0.6 is 11.3 Å². The summed E-state index contributed by atoms with van der Waals surface area (Å²) < 4.78 is 6.09. The Labute approximate surface area is 171 Å². The molecule has 4 rings (SSSR count). The van der Waals surface area contributed by atoms with Gasteiger partial charge in [-0.1, -0.05) is 0 Å². The molecule has 0 saturated carbocycles. The average molecular weight is 397 g/mol. The molecule has 0 atom stereocenters. The Hall–Kier alpha value is -3.94. The van der Waals surface area contributed by atoms with E-state index in [4.69, 9.17) is 10.00 Å². The molecule has 2 heterocycles. The molecule has 0 aliphatic heterocycles. The number of thiophene rings is 1. The third-order valence-corrected chi connectivity index (χ3v) is 5.20. The number of aryl methyl sites for hydroxylation is 2. The number of hydrogen-bond donors (Lipinski definition) is 1. The normalized spacial score (nSPS) is 10.3. The van der Waals surface area contributed by atoms with E-state index < -0.39 is 0 Å². The zero-order chi connectivity index (χ0) is 20.4. The number of fused-ring (bicyclic) bond motifs is 1. The van der Waals surface area contributed by atoms with Crippen molar-refractivity contribution < 1.29 is 4.74 Å². The quantitative estimate of drug-likeness (QED) is 0.482. The maximum absolute atomic E-state index is 9.27. The first-order valence-electron chi connectivity index (χ1n) is 8.79. The van der Waals surface area contributed by atoms with E-state index in [2.05, 4.69) is 27.4 Å². The second-order valence-corrected chi connectivity index (χ2v) is 7.35. The van der Waals surface area contributed by atoms with Gasteiger partial charge in [-0.3, -0.25) is 0 Å². The van der Waals surface area contributed by atoms with Crippen LogP contribution in [0.4, 0.5) is 11.6 Å². The summed E-state index contributed by atoms with van der Waals surface area (Å²) in [7, 11) is 0. The monoisotopic (exact) mass is 397 g/mol. The molecule has 29 heavy (non-hydrogen) atoms. The molecule has 0 spiro atoms. The molecule has 0 unspecified atom stereocenters. The van der Waals surface area contributed by atoms with E-state index in [0.29, 0.717) is 28.7 Å². The van der Waals surface area contributed by atoms with Crippen LogP contribution in [0.1, 0.15) is 22.3 Å². The number of benzene rings is 2. The second kappa shape index (κ2) is 7.59. The Morgan fingerprint density at radius 2 is 1.69 bits per heavy atom. The van der Waals surface area contributed by atoms with Crippen molar-refractivity contribution in [2.75, 3.05) is 5.32 Å². The van der Waals surface area contributed by atoms with Crippen molar-refractivity contribution in [3.63, 3.8) is 0 Å². The van der Waals surface area contributed by atoms with E-state index in [-0.39, 0.29) is 0 Å². The Morgan fingerprint density at radius 1 is 0.966 bits per heavy atom. The largest absolute Gasteiger partial charge is 0.438 e. The summed E-state index contributed by atoms with van der Waals surface area (Å²) in [5.41, 5.74) is 3.73. The van der Waals surface area contributed by atoms with E-state index >= 15 is 0 Å². The molecule has 4 aromatic rings. The Morgan fingerprint density at radius 3 is 2.34 bits per heavy atom. The first-order chi connectivity index (χ1) is 14.1. The van der Waals surface area contributed by atoms with Crippen LogP contribution in [-0.4, -0.2) is 9.97 Å². The van der Waals surface area contributed by atoms with Gasteiger partial charge >= 0.3 is 0 Å². The van der Waals surface area contributed by atoms with Crippen LogP contribution in [0.5, 0.6) is 11.6 Å². The number of nitriles is 2. The van der Waals surface area contributed by atoms with Gasteiger partial charge in [0.1, 0.15) is 10.6 Å². The highest BCUT2D eigenvalue weighted by atomic mass is 32.1. The summed E-state index contributed by atoms with van der Waals surface area (Å²) in [6, 6.07) is 17.0. The summed E-state index contributed by atoms with van der Waals surface area (Å²) in [5.74, 6) is 1.46. The van der Waals surface area contributed by atoms with Crippen molar-refractivity contribution in [3.8, 4) is 23.8 Å². The lowest BCUT2D eigenvalue weighted by Crippen LogP contribution is -2.00. The van der Waals surface area contributed by atoms with Gasteiger partial charge in [-0.15, -0.1) is 11.3 Å². The van der Waals surface area contributed by atoms with Crippen LogP contribution in [-0.2, 0) is 0 Å². The second-order valence-electron chi connectivity index (χ2n) is 6.45. The molecule has 0 aliphatic carbocycles. The van der Waals surface area contributed by atoms with E-state index in [1.807, 2.05) is 37.4 Å². The van der Waals surface area contributed by atoms with Gasteiger partial charge in [0, 0.05) is 5.69 Å². The molecule has 140 valence electrons. The van der Waals surface area contributed by atoms with Crippen molar-refractivity contribution in [2.45, 2.75) is 13.8 Å². The molecule has 0 radical (unpaired) electrons. The predicted molar refractivity (Wildman–Crippen MR) is 113 cm³/mol.